The Hall–Kier alpha value is -0.170. The smallest absolute Gasteiger partial charge is 0.279 e. The van der Waals surface area contributed by atoms with Crippen molar-refractivity contribution >= 4 is 10.2 Å². The van der Waals surface area contributed by atoms with Crippen LogP contribution >= 0.6 is 0 Å². The summed E-state index contributed by atoms with van der Waals surface area (Å²) in [6, 6.07) is 0.287. The van der Waals surface area contributed by atoms with Crippen molar-refractivity contribution in [3.05, 3.63) is 0 Å². The molecule has 0 amide bonds. The van der Waals surface area contributed by atoms with Crippen LogP contribution in [0, 0.1) is 0 Å². The number of hydrogen-bond donors (Lipinski definition) is 2. The molecule has 5 nitrogen and oxygen atoms in total. The van der Waals surface area contributed by atoms with E-state index in [1.807, 2.05) is 20.8 Å². The molecule has 18 heavy (non-hydrogen) atoms. The lowest BCUT2D eigenvalue weighted by Crippen LogP contribution is -2.54. The van der Waals surface area contributed by atoms with Crippen molar-refractivity contribution in [1.82, 2.24) is 14.3 Å². The number of nitrogens with one attached hydrogen (secondary N) is 2. The standard InChI is InChI=1S/C12H27N3O2S/c1-5-8-13-11-7-6-9-15(10-11)18(16,17)14-12(2,3)4/h11,13-14H,5-10H2,1-4H3. The third kappa shape index (κ3) is 5.22. The minimum absolute atomic E-state index is 0.287. The molecule has 6 heteroatoms. The Morgan fingerprint density at radius 2 is 2.00 bits per heavy atom. The molecule has 2 N–H and O–H groups in total. The van der Waals surface area contributed by atoms with Crippen molar-refractivity contribution < 1.29 is 8.42 Å². The quantitative estimate of drug-likeness (QED) is 0.790. The van der Waals surface area contributed by atoms with Crippen LogP contribution in [0.4, 0.5) is 0 Å². The molecule has 0 aliphatic carbocycles. The van der Waals surface area contributed by atoms with Gasteiger partial charge in [0.05, 0.1) is 0 Å². The van der Waals surface area contributed by atoms with Crippen molar-refractivity contribution in [1.29, 1.82) is 0 Å². The van der Waals surface area contributed by atoms with Gasteiger partial charge in [0, 0.05) is 24.7 Å². The van der Waals surface area contributed by atoms with Crippen LogP contribution in [-0.4, -0.2) is 43.9 Å². The Morgan fingerprint density at radius 3 is 2.56 bits per heavy atom. The van der Waals surface area contributed by atoms with Gasteiger partial charge < -0.3 is 5.32 Å². The molecule has 1 atom stereocenters. The fourth-order valence-electron chi connectivity index (χ4n) is 2.13. The van der Waals surface area contributed by atoms with Gasteiger partial charge in [0.25, 0.3) is 10.2 Å². The maximum Gasteiger partial charge on any atom is 0.279 e. The summed E-state index contributed by atoms with van der Waals surface area (Å²) < 4.78 is 28.7. The van der Waals surface area contributed by atoms with Gasteiger partial charge in [-0.15, -0.1) is 0 Å². The van der Waals surface area contributed by atoms with E-state index in [0.717, 1.165) is 25.8 Å². The van der Waals surface area contributed by atoms with E-state index < -0.39 is 15.7 Å². The van der Waals surface area contributed by atoms with Crippen LogP contribution in [-0.2, 0) is 10.2 Å². The average Bonchev–Trinajstić information content (AvgIpc) is 2.23. The normalized spacial score (nSPS) is 23.2. The van der Waals surface area contributed by atoms with Crippen LogP contribution in [0.3, 0.4) is 0 Å². The van der Waals surface area contributed by atoms with E-state index in [4.69, 9.17) is 0 Å². The number of hydrogen-bond acceptors (Lipinski definition) is 3. The van der Waals surface area contributed by atoms with Crippen LogP contribution < -0.4 is 10.0 Å². The Labute approximate surface area is 112 Å². The first-order chi connectivity index (χ1) is 8.24. The van der Waals surface area contributed by atoms with Crippen molar-refractivity contribution in [2.24, 2.45) is 0 Å². The third-order valence-corrected chi connectivity index (χ3v) is 4.72. The Morgan fingerprint density at radius 1 is 1.33 bits per heavy atom. The summed E-state index contributed by atoms with van der Waals surface area (Å²) in [5.74, 6) is 0. The Bertz CT molecular complexity index is 349. The van der Waals surface area contributed by atoms with E-state index in [1.54, 1.807) is 4.31 Å². The fraction of sp³-hybridized carbons (Fsp3) is 1.00. The fourth-order valence-corrected chi connectivity index (χ4v) is 3.78. The summed E-state index contributed by atoms with van der Waals surface area (Å²) in [6.45, 7) is 9.85. The maximum absolute atomic E-state index is 12.2. The molecule has 1 unspecified atom stereocenters. The van der Waals surface area contributed by atoms with E-state index in [9.17, 15) is 8.42 Å². The number of piperidine rings is 1. The van der Waals surface area contributed by atoms with Gasteiger partial charge in [0.1, 0.15) is 0 Å². The summed E-state index contributed by atoms with van der Waals surface area (Å²) in [5.41, 5.74) is -0.428. The van der Waals surface area contributed by atoms with E-state index in [-0.39, 0.29) is 6.04 Å². The zero-order valence-corrected chi connectivity index (χ0v) is 12.8. The molecule has 1 heterocycles. The van der Waals surface area contributed by atoms with E-state index in [0.29, 0.717) is 13.1 Å². The molecule has 1 fully saturated rings. The second-order valence-corrected chi connectivity index (χ2v) is 7.68. The molecular formula is C12H27N3O2S. The predicted molar refractivity (Wildman–Crippen MR) is 74.7 cm³/mol. The highest BCUT2D eigenvalue weighted by Gasteiger charge is 2.31. The monoisotopic (exact) mass is 277 g/mol. The molecule has 1 rings (SSSR count). The Balaban J connectivity index is 2.60. The molecule has 0 radical (unpaired) electrons. The van der Waals surface area contributed by atoms with Gasteiger partial charge in [-0.1, -0.05) is 6.92 Å². The predicted octanol–water partition coefficient (Wildman–Crippen LogP) is 1.08. The lowest BCUT2D eigenvalue weighted by Gasteiger charge is -2.34. The SMILES string of the molecule is CCCNC1CCCN(S(=O)(=O)NC(C)(C)C)C1. The summed E-state index contributed by atoms with van der Waals surface area (Å²) in [5, 5.41) is 3.40. The first kappa shape index (κ1) is 15.9. The molecule has 108 valence electrons. The minimum Gasteiger partial charge on any atom is -0.313 e. The number of rotatable bonds is 5. The molecular weight excluding hydrogens is 250 g/mol. The molecule has 0 spiro atoms. The summed E-state index contributed by atoms with van der Waals surface area (Å²) in [7, 11) is -3.36. The van der Waals surface area contributed by atoms with Gasteiger partial charge in [0.2, 0.25) is 0 Å². The van der Waals surface area contributed by atoms with Gasteiger partial charge in [-0.2, -0.15) is 17.4 Å². The molecule has 0 aromatic rings. The summed E-state index contributed by atoms with van der Waals surface area (Å²) in [6.07, 6.45) is 3.05. The highest BCUT2D eigenvalue weighted by Crippen LogP contribution is 2.15. The zero-order chi connectivity index (χ0) is 13.8. The highest BCUT2D eigenvalue weighted by atomic mass is 32.2. The summed E-state index contributed by atoms with van der Waals surface area (Å²) in [4.78, 5) is 0. The molecule has 1 saturated heterocycles. The van der Waals surface area contributed by atoms with Crippen LogP contribution in [0.2, 0.25) is 0 Å². The van der Waals surface area contributed by atoms with Crippen molar-refractivity contribution in [2.75, 3.05) is 19.6 Å². The summed E-state index contributed by atoms with van der Waals surface area (Å²) >= 11 is 0. The van der Waals surface area contributed by atoms with E-state index in [2.05, 4.69) is 17.0 Å². The Kier molecular flexibility index (Phi) is 5.58. The molecule has 1 aliphatic rings. The van der Waals surface area contributed by atoms with Crippen LogP contribution in [0.5, 0.6) is 0 Å². The topological polar surface area (TPSA) is 61.4 Å². The molecule has 0 aromatic carbocycles. The third-order valence-electron chi connectivity index (χ3n) is 2.84. The van der Waals surface area contributed by atoms with Crippen LogP contribution in [0.25, 0.3) is 0 Å². The molecule has 0 aromatic heterocycles. The second kappa shape index (κ2) is 6.32. The van der Waals surface area contributed by atoms with Crippen LogP contribution in [0.1, 0.15) is 47.0 Å². The van der Waals surface area contributed by atoms with Crippen LogP contribution in [0.15, 0.2) is 0 Å². The van der Waals surface area contributed by atoms with Gasteiger partial charge in [-0.05, 0) is 46.6 Å². The highest BCUT2D eigenvalue weighted by molar-refractivity contribution is 7.87. The average molecular weight is 277 g/mol. The van der Waals surface area contributed by atoms with Gasteiger partial charge in [-0.25, -0.2) is 0 Å². The lowest BCUT2D eigenvalue weighted by atomic mass is 10.1. The minimum atomic E-state index is -3.36. The largest absolute Gasteiger partial charge is 0.313 e. The first-order valence-electron chi connectivity index (χ1n) is 6.77. The molecule has 0 bridgehead atoms. The zero-order valence-electron chi connectivity index (χ0n) is 12.0. The maximum atomic E-state index is 12.2. The van der Waals surface area contributed by atoms with E-state index in [1.165, 1.54) is 0 Å². The van der Waals surface area contributed by atoms with Gasteiger partial charge >= 0.3 is 0 Å². The first-order valence-corrected chi connectivity index (χ1v) is 8.21. The van der Waals surface area contributed by atoms with Crippen molar-refractivity contribution in [3.63, 3.8) is 0 Å². The lowest BCUT2D eigenvalue weighted by molar-refractivity contribution is 0.277. The molecule has 1 aliphatic heterocycles. The van der Waals surface area contributed by atoms with Crippen molar-refractivity contribution in [3.8, 4) is 0 Å². The number of nitrogens with zero attached hydrogens (tertiary/aromatic N) is 1. The second-order valence-electron chi connectivity index (χ2n) is 6.01. The van der Waals surface area contributed by atoms with Gasteiger partial charge in [0.15, 0.2) is 0 Å². The molecule has 0 saturated carbocycles. The van der Waals surface area contributed by atoms with Gasteiger partial charge in [-0.3, -0.25) is 0 Å². The van der Waals surface area contributed by atoms with E-state index >= 15 is 0 Å². The van der Waals surface area contributed by atoms with Crippen molar-refractivity contribution in [2.45, 2.75) is 58.5 Å².